The van der Waals surface area contributed by atoms with Crippen molar-refractivity contribution in [2.45, 2.75) is 24.3 Å². The molecular formula is C12H20N2O3S. The van der Waals surface area contributed by atoms with E-state index in [2.05, 4.69) is 4.72 Å². The summed E-state index contributed by atoms with van der Waals surface area (Å²) in [5.41, 5.74) is 6.29. The maximum Gasteiger partial charge on any atom is 0.240 e. The Kier molecular flexibility index (Phi) is 6.28. The first-order chi connectivity index (χ1) is 8.60. The van der Waals surface area contributed by atoms with Gasteiger partial charge in [0.2, 0.25) is 10.0 Å². The van der Waals surface area contributed by atoms with Gasteiger partial charge in [-0.05, 0) is 30.5 Å². The molecular weight excluding hydrogens is 252 g/mol. The SMILES string of the molecule is COCCCCNS(=O)(=O)c1cccc(CN)c1. The van der Waals surface area contributed by atoms with E-state index in [9.17, 15) is 8.42 Å². The molecule has 5 nitrogen and oxygen atoms in total. The van der Waals surface area contributed by atoms with Gasteiger partial charge in [0.15, 0.2) is 0 Å². The Morgan fingerprint density at radius 1 is 1.33 bits per heavy atom. The van der Waals surface area contributed by atoms with E-state index in [0.717, 1.165) is 18.4 Å². The molecule has 0 saturated carbocycles. The number of methoxy groups -OCH3 is 1. The van der Waals surface area contributed by atoms with E-state index < -0.39 is 10.0 Å². The van der Waals surface area contributed by atoms with Crippen molar-refractivity contribution in [3.8, 4) is 0 Å². The van der Waals surface area contributed by atoms with Crippen LogP contribution in [-0.4, -0.2) is 28.7 Å². The van der Waals surface area contributed by atoms with Crippen molar-refractivity contribution in [3.63, 3.8) is 0 Å². The first-order valence-electron chi connectivity index (χ1n) is 5.88. The maximum absolute atomic E-state index is 11.9. The first kappa shape index (κ1) is 15.1. The molecule has 1 aromatic rings. The molecule has 0 amide bonds. The summed E-state index contributed by atoms with van der Waals surface area (Å²) in [4.78, 5) is 0.261. The minimum atomic E-state index is -3.43. The molecule has 0 spiro atoms. The van der Waals surface area contributed by atoms with Crippen LogP contribution < -0.4 is 10.5 Å². The lowest BCUT2D eigenvalue weighted by atomic mass is 10.2. The predicted molar refractivity (Wildman–Crippen MR) is 70.6 cm³/mol. The normalized spacial score (nSPS) is 11.7. The second kappa shape index (κ2) is 7.48. The molecule has 0 aromatic heterocycles. The molecule has 0 fully saturated rings. The summed E-state index contributed by atoms with van der Waals surface area (Å²) in [5, 5.41) is 0. The molecule has 6 heteroatoms. The van der Waals surface area contributed by atoms with Gasteiger partial charge in [0.05, 0.1) is 4.90 Å². The molecule has 18 heavy (non-hydrogen) atoms. The van der Waals surface area contributed by atoms with E-state index in [1.54, 1.807) is 31.4 Å². The van der Waals surface area contributed by atoms with E-state index in [-0.39, 0.29) is 4.90 Å². The van der Waals surface area contributed by atoms with Gasteiger partial charge in [0.1, 0.15) is 0 Å². The average molecular weight is 272 g/mol. The molecule has 0 bridgehead atoms. The van der Waals surface area contributed by atoms with Crippen molar-refractivity contribution in [1.82, 2.24) is 4.72 Å². The van der Waals surface area contributed by atoms with Crippen molar-refractivity contribution < 1.29 is 13.2 Å². The van der Waals surface area contributed by atoms with Crippen molar-refractivity contribution in [2.75, 3.05) is 20.3 Å². The number of rotatable bonds is 8. The minimum absolute atomic E-state index is 0.261. The fraction of sp³-hybridized carbons (Fsp3) is 0.500. The Balaban J connectivity index is 2.57. The summed E-state index contributed by atoms with van der Waals surface area (Å²) in [5.74, 6) is 0. The summed E-state index contributed by atoms with van der Waals surface area (Å²) in [6, 6.07) is 6.66. The number of hydrogen-bond donors (Lipinski definition) is 2. The van der Waals surface area contributed by atoms with Gasteiger partial charge in [-0.2, -0.15) is 0 Å². The fourth-order valence-corrected chi connectivity index (χ4v) is 2.64. The third-order valence-corrected chi connectivity index (χ3v) is 3.97. The first-order valence-corrected chi connectivity index (χ1v) is 7.36. The van der Waals surface area contributed by atoms with Gasteiger partial charge < -0.3 is 10.5 Å². The van der Waals surface area contributed by atoms with Gasteiger partial charge in [0.25, 0.3) is 0 Å². The molecule has 0 aliphatic rings. The van der Waals surface area contributed by atoms with Crippen LogP contribution in [0.1, 0.15) is 18.4 Å². The summed E-state index contributed by atoms with van der Waals surface area (Å²) >= 11 is 0. The Bertz CT molecular complexity index is 460. The highest BCUT2D eigenvalue weighted by atomic mass is 32.2. The molecule has 0 atom stereocenters. The quantitative estimate of drug-likeness (QED) is 0.687. The predicted octanol–water partition coefficient (Wildman–Crippen LogP) is 0.850. The molecule has 0 aliphatic heterocycles. The molecule has 0 radical (unpaired) electrons. The van der Waals surface area contributed by atoms with Crippen molar-refractivity contribution in [2.24, 2.45) is 5.73 Å². The molecule has 1 aromatic carbocycles. The summed E-state index contributed by atoms with van der Waals surface area (Å²) in [6.45, 7) is 1.39. The van der Waals surface area contributed by atoms with Gasteiger partial charge in [-0.1, -0.05) is 12.1 Å². The number of nitrogens with two attached hydrogens (primary N) is 1. The van der Waals surface area contributed by atoms with Crippen molar-refractivity contribution in [3.05, 3.63) is 29.8 Å². The summed E-state index contributed by atoms with van der Waals surface area (Å²) < 4.78 is 31.4. The van der Waals surface area contributed by atoms with E-state index in [0.29, 0.717) is 19.7 Å². The Morgan fingerprint density at radius 3 is 2.78 bits per heavy atom. The highest BCUT2D eigenvalue weighted by Gasteiger charge is 2.13. The van der Waals surface area contributed by atoms with E-state index in [4.69, 9.17) is 10.5 Å². The highest BCUT2D eigenvalue weighted by Crippen LogP contribution is 2.11. The Morgan fingerprint density at radius 2 is 2.11 bits per heavy atom. The van der Waals surface area contributed by atoms with Crippen LogP contribution in [0.15, 0.2) is 29.2 Å². The monoisotopic (exact) mass is 272 g/mol. The number of sulfonamides is 1. The van der Waals surface area contributed by atoms with E-state index in [1.165, 1.54) is 0 Å². The largest absolute Gasteiger partial charge is 0.385 e. The molecule has 0 heterocycles. The van der Waals surface area contributed by atoms with Gasteiger partial charge in [-0.25, -0.2) is 13.1 Å². The summed E-state index contributed by atoms with van der Waals surface area (Å²) in [7, 11) is -1.80. The molecule has 0 saturated heterocycles. The number of ether oxygens (including phenoxy) is 1. The van der Waals surface area contributed by atoms with Crippen molar-refractivity contribution in [1.29, 1.82) is 0 Å². The Labute approximate surface area is 108 Å². The zero-order chi connectivity index (χ0) is 13.4. The lowest BCUT2D eigenvalue weighted by Gasteiger charge is -2.07. The fourth-order valence-electron chi connectivity index (χ4n) is 1.50. The molecule has 102 valence electrons. The van der Waals surface area contributed by atoms with Crippen LogP contribution in [0.25, 0.3) is 0 Å². The van der Waals surface area contributed by atoms with Gasteiger partial charge in [-0.3, -0.25) is 0 Å². The highest BCUT2D eigenvalue weighted by molar-refractivity contribution is 7.89. The van der Waals surface area contributed by atoms with Crippen LogP contribution in [0.2, 0.25) is 0 Å². The molecule has 0 aliphatic carbocycles. The van der Waals surface area contributed by atoms with Crippen LogP contribution >= 0.6 is 0 Å². The maximum atomic E-state index is 11.9. The van der Waals surface area contributed by atoms with Crippen molar-refractivity contribution >= 4 is 10.0 Å². The second-order valence-corrected chi connectivity index (χ2v) is 5.72. The van der Waals surface area contributed by atoms with Gasteiger partial charge >= 0.3 is 0 Å². The topological polar surface area (TPSA) is 81.4 Å². The van der Waals surface area contributed by atoms with E-state index in [1.807, 2.05) is 0 Å². The van der Waals surface area contributed by atoms with E-state index >= 15 is 0 Å². The lowest BCUT2D eigenvalue weighted by Crippen LogP contribution is -2.25. The zero-order valence-corrected chi connectivity index (χ0v) is 11.4. The van der Waals surface area contributed by atoms with Crippen LogP contribution in [0.5, 0.6) is 0 Å². The smallest absolute Gasteiger partial charge is 0.240 e. The number of benzene rings is 1. The molecule has 1 rings (SSSR count). The lowest BCUT2D eigenvalue weighted by molar-refractivity contribution is 0.193. The number of hydrogen-bond acceptors (Lipinski definition) is 4. The third kappa shape index (κ3) is 4.73. The standard InChI is InChI=1S/C12H20N2O3S/c1-17-8-3-2-7-14-18(15,16)12-6-4-5-11(9-12)10-13/h4-6,9,14H,2-3,7-8,10,13H2,1H3. The average Bonchev–Trinajstić information content (AvgIpc) is 2.38. The minimum Gasteiger partial charge on any atom is -0.385 e. The van der Waals surface area contributed by atoms with Crippen LogP contribution in [-0.2, 0) is 21.3 Å². The number of unbranched alkanes of at least 4 members (excludes halogenated alkanes) is 1. The van der Waals surface area contributed by atoms with Crippen LogP contribution in [0.4, 0.5) is 0 Å². The van der Waals surface area contributed by atoms with Crippen LogP contribution in [0.3, 0.4) is 0 Å². The third-order valence-electron chi connectivity index (χ3n) is 2.51. The zero-order valence-electron chi connectivity index (χ0n) is 10.6. The number of nitrogens with one attached hydrogen (secondary N) is 1. The Hall–Kier alpha value is -0.950. The molecule has 3 N–H and O–H groups in total. The van der Waals surface area contributed by atoms with Gasteiger partial charge in [-0.15, -0.1) is 0 Å². The van der Waals surface area contributed by atoms with Gasteiger partial charge in [0, 0.05) is 26.8 Å². The van der Waals surface area contributed by atoms with Crippen LogP contribution in [0, 0.1) is 0 Å². The summed E-state index contributed by atoms with van der Waals surface area (Å²) in [6.07, 6.45) is 1.59. The second-order valence-electron chi connectivity index (χ2n) is 3.95. The molecule has 0 unspecified atom stereocenters.